The van der Waals surface area contributed by atoms with Gasteiger partial charge in [-0.3, -0.25) is 0 Å². The number of hydrogen-bond acceptors (Lipinski definition) is 6. The molecule has 106 valence electrons. The Morgan fingerprint density at radius 3 is 2.70 bits per heavy atom. The number of pyridine rings is 1. The van der Waals surface area contributed by atoms with Crippen molar-refractivity contribution in [1.82, 2.24) is 14.7 Å². The van der Waals surface area contributed by atoms with Crippen molar-refractivity contribution in [1.29, 1.82) is 0 Å². The zero-order valence-electron chi connectivity index (χ0n) is 10.2. The SMILES string of the molecule is O=C(O)c1ccc(S(=O)(=O)NCCc2nccs2)nc1. The van der Waals surface area contributed by atoms with Crippen LogP contribution in [0.15, 0.2) is 34.9 Å². The molecule has 2 N–H and O–H groups in total. The first-order valence-corrected chi connectivity index (χ1v) is 7.93. The van der Waals surface area contributed by atoms with Crippen LogP contribution in [0, 0.1) is 0 Å². The van der Waals surface area contributed by atoms with Crippen LogP contribution >= 0.6 is 11.3 Å². The van der Waals surface area contributed by atoms with Crippen LogP contribution in [0.5, 0.6) is 0 Å². The van der Waals surface area contributed by atoms with E-state index in [2.05, 4.69) is 14.7 Å². The summed E-state index contributed by atoms with van der Waals surface area (Å²) >= 11 is 1.45. The lowest BCUT2D eigenvalue weighted by molar-refractivity contribution is 0.0696. The summed E-state index contributed by atoms with van der Waals surface area (Å²) in [6, 6.07) is 2.36. The van der Waals surface area contributed by atoms with Crippen LogP contribution in [-0.4, -0.2) is 36.0 Å². The molecule has 0 unspecified atom stereocenters. The van der Waals surface area contributed by atoms with E-state index in [-0.39, 0.29) is 17.1 Å². The van der Waals surface area contributed by atoms with Gasteiger partial charge in [-0.15, -0.1) is 11.3 Å². The second-order valence-electron chi connectivity index (χ2n) is 3.76. The number of carboxylic acid groups (broad SMARTS) is 1. The Kier molecular flexibility index (Phi) is 4.42. The highest BCUT2D eigenvalue weighted by atomic mass is 32.2. The van der Waals surface area contributed by atoms with E-state index in [4.69, 9.17) is 5.11 Å². The molecule has 0 saturated carbocycles. The standard InChI is InChI=1S/C11H11N3O4S2/c15-11(16)8-1-2-10(13-7-8)20(17,18)14-4-3-9-12-5-6-19-9/h1-2,5-7,14H,3-4H2,(H,15,16). The highest BCUT2D eigenvalue weighted by molar-refractivity contribution is 7.89. The highest BCUT2D eigenvalue weighted by Gasteiger charge is 2.16. The molecule has 0 aliphatic heterocycles. The number of carbonyl (C=O) groups is 1. The van der Waals surface area contributed by atoms with Crippen LogP contribution in [-0.2, 0) is 16.4 Å². The van der Waals surface area contributed by atoms with Crippen molar-refractivity contribution >= 4 is 27.3 Å². The molecule has 0 aliphatic rings. The van der Waals surface area contributed by atoms with E-state index in [1.54, 1.807) is 6.20 Å². The Labute approximate surface area is 119 Å². The Bertz CT molecular complexity index is 681. The molecule has 0 aliphatic carbocycles. The van der Waals surface area contributed by atoms with Crippen molar-refractivity contribution < 1.29 is 18.3 Å². The minimum absolute atomic E-state index is 0.0632. The van der Waals surface area contributed by atoms with Crippen LogP contribution in [0.4, 0.5) is 0 Å². The topological polar surface area (TPSA) is 109 Å². The molecule has 2 aromatic heterocycles. The summed E-state index contributed by atoms with van der Waals surface area (Å²) in [5.41, 5.74) is -0.0632. The van der Waals surface area contributed by atoms with Gasteiger partial charge in [-0.2, -0.15) is 0 Å². The number of hydrogen-bond donors (Lipinski definition) is 2. The fraction of sp³-hybridized carbons (Fsp3) is 0.182. The number of sulfonamides is 1. The summed E-state index contributed by atoms with van der Waals surface area (Å²) in [6.07, 6.45) is 3.16. The molecule has 20 heavy (non-hydrogen) atoms. The van der Waals surface area contributed by atoms with Crippen molar-refractivity contribution in [3.05, 3.63) is 40.5 Å². The van der Waals surface area contributed by atoms with E-state index in [0.29, 0.717) is 6.42 Å². The lowest BCUT2D eigenvalue weighted by Crippen LogP contribution is -2.26. The Morgan fingerprint density at radius 1 is 1.35 bits per heavy atom. The van der Waals surface area contributed by atoms with E-state index in [9.17, 15) is 13.2 Å². The quantitative estimate of drug-likeness (QED) is 0.814. The fourth-order valence-electron chi connectivity index (χ4n) is 1.41. The number of aromatic carboxylic acids is 1. The molecule has 9 heteroatoms. The van der Waals surface area contributed by atoms with Crippen LogP contribution in [0.1, 0.15) is 15.4 Å². The molecule has 0 atom stereocenters. The average molecular weight is 313 g/mol. The van der Waals surface area contributed by atoms with Crippen molar-refractivity contribution in [2.24, 2.45) is 0 Å². The lowest BCUT2D eigenvalue weighted by Gasteiger charge is -2.05. The summed E-state index contributed by atoms with van der Waals surface area (Å²) in [5, 5.41) is 11.2. The Hall–Kier alpha value is -1.84. The zero-order valence-corrected chi connectivity index (χ0v) is 11.8. The van der Waals surface area contributed by atoms with E-state index >= 15 is 0 Å². The van der Waals surface area contributed by atoms with Crippen LogP contribution < -0.4 is 4.72 Å². The molecule has 2 heterocycles. The maximum atomic E-state index is 11.9. The van der Waals surface area contributed by atoms with Gasteiger partial charge in [0.05, 0.1) is 10.6 Å². The normalized spacial score (nSPS) is 11.4. The highest BCUT2D eigenvalue weighted by Crippen LogP contribution is 2.08. The van der Waals surface area contributed by atoms with Gasteiger partial charge in [0.25, 0.3) is 10.0 Å². The molecule has 2 aromatic rings. The van der Waals surface area contributed by atoms with Gasteiger partial charge in [0.2, 0.25) is 0 Å². The lowest BCUT2D eigenvalue weighted by atomic mass is 10.3. The molecule has 0 bridgehead atoms. The Balaban J connectivity index is 2.00. The van der Waals surface area contributed by atoms with Crippen molar-refractivity contribution in [2.45, 2.75) is 11.4 Å². The summed E-state index contributed by atoms with van der Waals surface area (Å²) < 4.78 is 26.2. The summed E-state index contributed by atoms with van der Waals surface area (Å²) in [7, 11) is -3.73. The van der Waals surface area contributed by atoms with Crippen LogP contribution in [0.2, 0.25) is 0 Å². The fourth-order valence-corrected chi connectivity index (χ4v) is 2.99. The van der Waals surface area contributed by atoms with Crippen molar-refractivity contribution in [3.8, 4) is 0 Å². The van der Waals surface area contributed by atoms with Gasteiger partial charge < -0.3 is 5.11 Å². The van der Waals surface area contributed by atoms with Crippen molar-refractivity contribution in [3.63, 3.8) is 0 Å². The van der Waals surface area contributed by atoms with Gasteiger partial charge in [-0.1, -0.05) is 0 Å². The maximum Gasteiger partial charge on any atom is 0.337 e. The molecular weight excluding hydrogens is 302 g/mol. The van der Waals surface area contributed by atoms with Gasteiger partial charge in [0.1, 0.15) is 0 Å². The van der Waals surface area contributed by atoms with Crippen LogP contribution in [0.3, 0.4) is 0 Å². The van der Waals surface area contributed by atoms with Crippen LogP contribution in [0.25, 0.3) is 0 Å². The molecule has 7 nitrogen and oxygen atoms in total. The third kappa shape index (κ3) is 3.59. The van der Waals surface area contributed by atoms with E-state index in [0.717, 1.165) is 17.3 Å². The second kappa shape index (κ2) is 6.07. The van der Waals surface area contributed by atoms with E-state index in [1.165, 1.54) is 17.4 Å². The molecular formula is C11H11N3O4S2. The second-order valence-corrected chi connectivity index (χ2v) is 6.46. The maximum absolute atomic E-state index is 11.9. The minimum atomic E-state index is -3.73. The van der Waals surface area contributed by atoms with E-state index in [1.807, 2.05) is 5.38 Å². The number of rotatable bonds is 6. The van der Waals surface area contributed by atoms with Gasteiger partial charge in [0, 0.05) is 30.7 Å². The van der Waals surface area contributed by atoms with Gasteiger partial charge >= 0.3 is 5.97 Å². The summed E-state index contributed by atoms with van der Waals surface area (Å²) in [5.74, 6) is -1.15. The molecule has 0 saturated heterocycles. The van der Waals surface area contributed by atoms with E-state index < -0.39 is 16.0 Å². The summed E-state index contributed by atoms with van der Waals surface area (Å²) in [4.78, 5) is 18.3. The zero-order chi connectivity index (χ0) is 14.6. The molecule has 2 rings (SSSR count). The number of thiazole rings is 1. The van der Waals surface area contributed by atoms with Crippen molar-refractivity contribution in [2.75, 3.05) is 6.54 Å². The first kappa shape index (κ1) is 14.6. The Morgan fingerprint density at radius 2 is 2.15 bits per heavy atom. The monoisotopic (exact) mass is 313 g/mol. The third-order valence-electron chi connectivity index (χ3n) is 2.37. The summed E-state index contributed by atoms with van der Waals surface area (Å²) in [6.45, 7) is 0.207. The predicted molar refractivity (Wildman–Crippen MR) is 72.2 cm³/mol. The number of carboxylic acids is 1. The predicted octanol–water partition coefficient (Wildman–Crippen LogP) is 0.757. The van der Waals surface area contributed by atoms with Gasteiger partial charge in [-0.05, 0) is 12.1 Å². The first-order chi connectivity index (χ1) is 9.49. The first-order valence-electron chi connectivity index (χ1n) is 5.56. The largest absolute Gasteiger partial charge is 0.478 e. The van der Waals surface area contributed by atoms with Gasteiger partial charge in [0.15, 0.2) is 5.03 Å². The molecule has 0 amide bonds. The number of nitrogens with zero attached hydrogens (tertiary/aromatic N) is 2. The molecule has 0 radical (unpaired) electrons. The number of nitrogens with one attached hydrogen (secondary N) is 1. The third-order valence-corrected chi connectivity index (χ3v) is 4.59. The molecule has 0 aromatic carbocycles. The average Bonchev–Trinajstić information content (AvgIpc) is 2.92. The molecule has 0 fully saturated rings. The minimum Gasteiger partial charge on any atom is -0.478 e. The number of aromatic nitrogens is 2. The molecule has 0 spiro atoms. The van der Waals surface area contributed by atoms with Gasteiger partial charge in [-0.25, -0.2) is 27.9 Å². The smallest absolute Gasteiger partial charge is 0.337 e.